The van der Waals surface area contributed by atoms with Crippen molar-refractivity contribution in [2.45, 2.75) is 18.0 Å². The summed E-state index contributed by atoms with van der Waals surface area (Å²) in [5, 5.41) is 9.06. The van der Waals surface area contributed by atoms with Crippen LogP contribution in [0.4, 0.5) is 4.79 Å². The maximum atomic E-state index is 12.7. The van der Waals surface area contributed by atoms with Gasteiger partial charge in [-0.1, -0.05) is 42.5 Å². The van der Waals surface area contributed by atoms with E-state index in [1.54, 1.807) is 19.2 Å². The fourth-order valence-corrected chi connectivity index (χ4v) is 4.17. The summed E-state index contributed by atoms with van der Waals surface area (Å²) in [5.74, 6) is -0.0866. The van der Waals surface area contributed by atoms with Gasteiger partial charge in [-0.05, 0) is 23.3 Å². The number of benzene rings is 2. The summed E-state index contributed by atoms with van der Waals surface area (Å²) in [5.41, 5.74) is 1.65. The molecule has 1 fully saturated rings. The van der Waals surface area contributed by atoms with Crippen LogP contribution in [0.5, 0.6) is 5.75 Å². The number of carboxylic acid groups (broad SMARTS) is 1. The maximum absolute atomic E-state index is 12.7. The summed E-state index contributed by atoms with van der Waals surface area (Å²) in [6.07, 6.45) is -0.640. The zero-order valence-electron chi connectivity index (χ0n) is 14.2. The highest BCUT2D eigenvalue weighted by Crippen LogP contribution is 2.42. The Balaban J connectivity index is 1.80. The Hall–Kier alpha value is -2.67. The zero-order valence-corrected chi connectivity index (χ0v) is 15.0. The second-order valence-electron chi connectivity index (χ2n) is 5.76. The number of carboxylic acids is 1. The highest BCUT2D eigenvalue weighted by molar-refractivity contribution is 7.99. The monoisotopic (exact) mass is 373 g/mol. The van der Waals surface area contributed by atoms with Crippen molar-refractivity contribution in [2.75, 3.05) is 12.9 Å². The van der Waals surface area contributed by atoms with Gasteiger partial charge in [-0.25, -0.2) is 9.59 Å². The van der Waals surface area contributed by atoms with Crippen molar-refractivity contribution in [3.05, 3.63) is 65.7 Å². The van der Waals surface area contributed by atoms with Crippen LogP contribution < -0.4 is 4.74 Å². The Morgan fingerprint density at radius 2 is 1.96 bits per heavy atom. The third-order valence-electron chi connectivity index (χ3n) is 4.08. The summed E-state index contributed by atoms with van der Waals surface area (Å²) in [4.78, 5) is 25.6. The molecular formula is C19H19NO5S. The van der Waals surface area contributed by atoms with Crippen LogP contribution in [0, 0.1) is 0 Å². The highest BCUT2D eigenvalue weighted by atomic mass is 32.2. The van der Waals surface area contributed by atoms with E-state index in [1.807, 2.05) is 42.5 Å². The Morgan fingerprint density at radius 3 is 2.65 bits per heavy atom. The Morgan fingerprint density at radius 1 is 1.19 bits per heavy atom. The molecule has 0 aliphatic carbocycles. The Labute approximate surface area is 155 Å². The minimum Gasteiger partial charge on any atom is -0.497 e. The molecule has 3 rings (SSSR count). The summed E-state index contributed by atoms with van der Waals surface area (Å²) in [6, 6.07) is 15.6. The molecule has 2 atom stereocenters. The van der Waals surface area contributed by atoms with Crippen LogP contribution >= 0.6 is 11.8 Å². The van der Waals surface area contributed by atoms with Crippen LogP contribution in [0.1, 0.15) is 16.5 Å². The van der Waals surface area contributed by atoms with Gasteiger partial charge in [0.1, 0.15) is 23.8 Å². The molecule has 0 radical (unpaired) electrons. The topological polar surface area (TPSA) is 76.1 Å². The fourth-order valence-electron chi connectivity index (χ4n) is 2.77. The maximum Gasteiger partial charge on any atom is 0.412 e. The molecule has 0 aromatic heterocycles. The molecule has 1 N–H and O–H groups in total. The largest absolute Gasteiger partial charge is 0.497 e. The van der Waals surface area contributed by atoms with Crippen molar-refractivity contribution in [1.82, 2.24) is 4.90 Å². The zero-order chi connectivity index (χ0) is 18.5. The Bertz CT molecular complexity index is 783. The van der Waals surface area contributed by atoms with Crippen molar-refractivity contribution in [3.8, 4) is 5.75 Å². The molecule has 2 aromatic carbocycles. The third kappa shape index (κ3) is 3.94. The lowest BCUT2D eigenvalue weighted by Crippen LogP contribution is -2.43. The first-order valence-electron chi connectivity index (χ1n) is 8.07. The lowest BCUT2D eigenvalue weighted by molar-refractivity contribution is -0.141. The molecule has 136 valence electrons. The fraction of sp³-hybridized carbons (Fsp3) is 0.263. The van der Waals surface area contributed by atoms with Gasteiger partial charge < -0.3 is 14.6 Å². The van der Waals surface area contributed by atoms with E-state index in [4.69, 9.17) is 9.47 Å². The first kappa shape index (κ1) is 18.1. The molecule has 0 saturated carbocycles. The van der Waals surface area contributed by atoms with E-state index >= 15 is 0 Å². The SMILES string of the molecule is COc1cccc([C@H]2SCC(C(=O)O)N2C(=O)OCc2ccccc2)c1. The van der Waals surface area contributed by atoms with Crippen LogP contribution in [0.2, 0.25) is 0 Å². The summed E-state index contributed by atoms with van der Waals surface area (Å²) in [7, 11) is 1.56. The number of ether oxygens (including phenoxy) is 2. The standard InChI is InChI=1S/C19H19NO5S/c1-24-15-9-5-8-14(10-15)17-20(16(12-26-17)18(21)22)19(23)25-11-13-6-3-2-4-7-13/h2-10,16-17H,11-12H2,1H3,(H,21,22)/t16?,17-/m1/s1. The van der Waals surface area contributed by atoms with E-state index in [0.29, 0.717) is 11.5 Å². The van der Waals surface area contributed by atoms with Gasteiger partial charge >= 0.3 is 12.1 Å². The molecule has 1 amide bonds. The molecule has 0 bridgehead atoms. The van der Waals surface area contributed by atoms with Crippen molar-refractivity contribution in [1.29, 1.82) is 0 Å². The molecule has 7 heteroatoms. The minimum atomic E-state index is -1.04. The average Bonchev–Trinajstić information content (AvgIpc) is 3.12. The van der Waals surface area contributed by atoms with E-state index in [1.165, 1.54) is 16.7 Å². The first-order valence-corrected chi connectivity index (χ1v) is 9.12. The lowest BCUT2D eigenvalue weighted by Gasteiger charge is -2.27. The van der Waals surface area contributed by atoms with E-state index in [0.717, 1.165) is 11.1 Å². The average molecular weight is 373 g/mol. The smallest absolute Gasteiger partial charge is 0.412 e. The second-order valence-corrected chi connectivity index (χ2v) is 6.88. The molecule has 1 saturated heterocycles. The number of carbonyl (C=O) groups is 2. The van der Waals surface area contributed by atoms with E-state index in [9.17, 15) is 14.7 Å². The van der Waals surface area contributed by atoms with Gasteiger partial charge in [0.2, 0.25) is 0 Å². The van der Waals surface area contributed by atoms with Gasteiger partial charge in [-0.15, -0.1) is 11.8 Å². The number of hydrogen-bond donors (Lipinski definition) is 1. The molecular weight excluding hydrogens is 354 g/mol. The van der Waals surface area contributed by atoms with Gasteiger partial charge in [0.05, 0.1) is 7.11 Å². The highest BCUT2D eigenvalue weighted by Gasteiger charge is 2.43. The van der Waals surface area contributed by atoms with Gasteiger partial charge in [0, 0.05) is 5.75 Å². The number of aliphatic carboxylic acids is 1. The van der Waals surface area contributed by atoms with E-state index < -0.39 is 23.5 Å². The molecule has 2 aromatic rings. The minimum absolute atomic E-state index is 0.0952. The van der Waals surface area contributed by atoms with E-state index in [-0.39, 0.29) is 6.61 Å². The lowest BCUT2D eigenvalue weighted by atomic mass is 10.1. The van der Waals surface area contributed by atoms with Crippen LogP contribution in [0.15, 0.2) is 54.6 Å². The number of amides is 1. The number of carbonyl (C=O) groups excluding carboxylic acids is 1. The summed E-state index contributed by atoms with van der Waals surface area (Å²) in [6.45, 7) is 0.0952. The number of nitrogens with zero attached hydrogens (tertiary/aromatic N) is 1. The van der Waals surface area contributed by atoms with Gasteiger partial charge in [-0.2, -0.15) is 0 Å². The van der Waals surface area contributed by atoms with Crippen LogP contribution in [-0.2, 0) is 16.1 Å². The number of hydrogen-bond acceptors (Lipinski definition) is 5. The van der Waals surface area contributed by atoms with Gasteiger partial charge in [0.15, 0.2) is 0 Å². The van der Waals surface area contributed by atoms with Crippen molar-refractivity contribution >= 4 is 23.8 Å². The third-order valence-corrected chi connectivity index (χ3v) is 5.40. The van der Waals surface area contributed by atoms with Crippen LogP contribution in [0.3, 0.4) is 0 Å². The second kappa shape index (κ2) is 8.14. The number of thioether (sulfide) groups is 1. The predicted molar refractivity (Wildman–Crippen MR) is 98.1 cm³/mol. The molecule has 0 spiro atoms. The van der Waals surface area contributed by atoms with Crippen molar-refractivity contribution in [3.63, 3.8) is 0 Å². The normalized spacial score (nSPS) is 19.2. The quantitative estimate of drug-likeness (QED) is 0.864. The predicted octanol–water partition coefficient (Wildman–Crippen LogP) is 3.53. The summed E-state index contributed by atoms with van der Waals surface area (Å²) >= 11 is 1.40. The molecule has 1 aliphatic heterocycles. The number of methoxy groups -OCH3 is 1. The van der Waals surface area contributed by atoms with Gasteiger partial charge in [-0.3, -0.25) is 4.90 Å². The van der Waals surface area contributed by atoms with Crippen molar-refractivity contribution < 1.29 is 24.2 Å². The molecule has 26 heavy (non-hydrogen) atoms. The van der Waals surface area contributed by atoms with Crippen molar-refractivity contribution in [2.24, 2.45) is 0 Å². The molecule has 6 nitrogen and oxygen atoms in total. The van der Waals surface area contributed by atoms with Crippen LogP contribution in [0.25, 0.3) is 0 Å². The van der Waals surface area contributed by atoms with Crippen LogP contribution in [-0.4, -0.2) is 41.0 Å². The molecule has 1 aliphatic rings. The molecule has 1 unspecified atom stereocenters. The first-order chi connectivity index (χ1) is 12.6. The number of rotatable bonds is 5. The summed E-state index contributed by atoms with van der Waals surface area (Å²) < 4.78 is 10.6. The molecule has 1 heterocycles. The van der Waals surface area contributed by atoms with E-state index in [2.05, 4.69) is 0 Å². The Kier molecular flexibility index (Phi) is 5.68. The van der Waals surface area contributed by atoms with Gasteiger partial charge in [0.25, 0.3) is 0 Å².